The number of urea groups is 3. The van der Waals surface area contributed by atoms with Crippen LogP contribution in [0.15, 0.2) is 55.4 Å². The molecule has 0 bridgehead atoms. The Bertz CT molecular complexity index is 5260. The monoisotopic (exact) mass is 1830 g/mol. The van der Waals surface area contributed by atoms with Crippen molar-refractivity contribution in [1.29, 1.82) is 15.8 Å². The van der Waals surface area contributed by atoms with E-state index in [-0.39, 0.29) is 219 Å². The normalized spacial score (nSPS) is 20.0. The van der Waals surface area contributed by atoms with Crippen molar-refractivity contribution in [3.63, 3.8) is 0 Å². The highest BCUT2D eigenvalue weighted by Gasteiger charge is 2.64. The molecule has 41 heteroatoms. The van der Waals surface area contributed by atoms with Crippen molar-refractivity contribution in [3.8, 4) is 51.6 Å². The molecule has 12 heterocycles. The van der Waals surface area contributed by atoms with E-state index in [1.165, 1.54) is 51.9 Å². The van der Waals surface area contributed by atoms with Gasteiger partial charge in [0.1, 0.15) is 51.7 Å². The first-order valence-electron chi connectivity index (χ1n) is 44.8. The van der Waals surface area contributed by atoms with Crippen molar-refractivity contribution in [2.75, 3.05) is 153 Å². The van der Waals surface area contributed by atoms with Gasteiger partial charge >= 0.3 is 25.9 Å². The number of nitrogens with one attached hydrogen (secondary N) is 3. The Labute approximate surface area is 756 Å². The molecule has 0 saturated carbocycles. The van der Waals surface area contributed by atoms with Crippen LogP contribution in [0.3, 0.4) is 0 Å². The zero-order valence-electron chi connectivity index (χ0n) is 75.4. The van der Waals surface area contributed by atoms with Gasteiger partial charge in [0, 0.05) is 205 Å². The van der Waals surface area contributed by atoms with E-state index in [1.54, 1.807) is 80.5 Å². The van der Waals surface area contributed by atoms with Crippen molar-refractivity contribution < 1.29 is 74.1 Å². The van der Waals surface area contributed by atoms with Crippen LogP contribution in [0.5, 0.6) is 0 Å². The Morgan fingerprint density at radius 3 is 0.916 bits per heavy atom. The summed E-state index contributed by atoms with van der Waals surface area (Å²) < 4.78 is 134. The summed E-state index contributed by atoms with van der Waals surface area (Å²) in [5.74, 6) is -1.56. The Kier molecular flexibility index (Phi) is 28.6. The van der Waals surface area contributed by atoms with Gasteiger partial charge < -0.3 is 60.6 Å². The maximum absolute atomic E-state index is 19.4. The number of hydrogen-bond donors (Lipinski definition) is 6. The number of fused-ring (bicyclic) bond motifs is 3. The van der Waals surface area contributed by atoms with Crippen LogP contribution in [0.1, 0.15) is 192 Å². The Balaban J connectivity index is 0.934. The quantitative estimate of drug-likeness (QED) is 0.0199. The molecule has 0 aliphatic carbocycles. The molecule has 6 aliphatic rings. The van der Waals surface area contributed by atoms with Gasteiger partial charge in [0.25, 0.3) is 0 Å². The van der Waals surface area contributed by atoms with Gasteiger partial charge in [0.15, 0.2) is 0 Å². The summed E-state index contributed by atoms with van der Waals surface area (Å²) >= 11 is 0. The lowest BCUT2D eigenvalue weighted by Crippen LogP contribution is -2.62. The number of rotatable bonds is 36. The number of phosphoric ester groups is 1. The van der Waals surface area contributed by atoms with E-state index in [2.05, 4.69) is 33.2 Å². The predicted molar refractivity (Wildman–Crippen MR) is 477 cm³/mol. The second-order valence-electron chi connectivity index (χ2n) is 35.7. The van der Waals surface area contributed by atoms with Crippen molar-refractivity contribution >= 4 is 76.9 Å². The fourth-order valence-electron chi connectivity index (χ4n) is 19.1. The van der Waals surface area contributed by atoms with Gasteiger partial charge in [-0.3, -0.25) is 43.0 Å². The standard InChI is InChI=1S/C90H114F3N24O13P/c1-10-115(79(97)118)82-106-61-43-58(70(91)67(73(61)109-82)64-19-13-34-125-64)55-46-100-76(101-47-55)85(4,5)88(22-16-25-94,52-112-28-37-122-38-29-112)128-131(121,129-89(23-17-26-95,53-113-30-39-123-40-31-113)86(6,7)77-102-48-56(49-103-77)59-44-62-74(68(71(59)92)65-20-14-35-126-65)110-83(107-62)116(11-2)80(98)119)130-90(24-18-27-96,54-114-32-41-124-42-33-114)87(8,9)78-104-50-57(51-105-78)60-45-63-75(69(72(60)93)66-21-15-36-127-66)111-84(108-63)117(12-3)81(99)120/h43-51,64-66H,10-24,28-42,52-54H2,1-9H3,(H2,97,118)(H2,98,119)(H2,99,120)(H,106,109)(H,107,110)(H,108,111)/t64-,65-,66-,88?,89?,90?,131?/m1/s1. The number of halogens is 3. The lowest BCUT2D eigenvalue weighted by Gasteiger charge is -2.54. The summed E-state index contributed by atoms with van der Waals surface area (Å²) in [7, 11) is -5.89. The van der Waals surface area contributed by atoms with Gasteiger partial charge in [-0.05, 0) is 138 Å². The summed E-state index contributed by atoms with van der Waals surface area (Å²) in [6.45, 7) is 20.2. The fourth-order valence-corrected chi connectivity index (χ4v) is 21.6. The highest BCUT2D eigenvalue weighted by atomic mass is 31.2. The zero-order chi connectivity index (χ0) is 93.0. The molecule has 0 spiro atoms. The Morgan fingerprint density at radius 2 is 0.702 bits per heavy atom. The number of aromatic amines is 3. The van der Waals surface area contributed by atoms with Crippen LogP contribution < -0.4 is 31.9 Å². The molecule has 9 aromatic rings. The van der Waals surface area contributed by atoms with Crippen LogP contribution >= 0.6 is 7.82 Å². The Morgan fingerprint density at radius 1 is 0.450 bits per heavy atom. The van der Waals surface area contributed by atoms with Gasteiger partial charge in [-0.25, -0.2) is 77.0 Å². The fraction of sp³-hybridized carbons (Fsp3) is 0.567. The maximum atomic E-state index is 19.4. The number of carbonyl (C=O) groups is 3. The van der Waals surface area contributed by atoms with Crippen molar-refractivity contribution in [2.45, 2.75) is 191 Å². The summed E-state index contributed by atoms with van der Waals surface area (Å²) in [5, 5.41) is 33.7. The number of phosphoric acid groups is 1. The summed E-state index contributed by atoms with van der Waals surface area (Å²) in [4.78, 5) is 103. The molecule has 698 valence electrons. The minimum Gasteiger partial charge on any atom is -0.379 e. The molecular formula is C90H114F3N24O13P. The molecule has 6 fully saturated rings. The highest BCUT2D eigenvalue weighted by Crippen LogP contribution is 2.67. The van der Waals surface area contributed by atoms with E-state index in [0.29, 0.717) is 114 Å². The number of aromatic nitrogens is 12. The number of benzene rings is 3. The minimum absolute atomic E-state index is 0.0551. The molecule has 6 saturated heterocycles. The smallest absolute Gasteiger partial charge is 0.379 e. The third-order valence-corrected chi connectivity index (χ3v) is 28.7. The zero-order valence-corrected chi connectivity index (χ0v) is 76.3. The largest absolute Gasteiger partial charge is 0.476 e. The minimum atomic E-state index is -5.89. The number of primary amides is 3. The van der Waals surface area contributed by atoms with Crippen LogP contribution in [0, 0.1) is 51.4 Å². The predicted octanol–water partition coefficient (Wildman–Crippen LogP) is 12.9. The molecule has 9 N–H and O–H groups in total. The number of ether oxygens (including phenoxy) is 6. The van der Waals surface area contributed by atoms with Crippen LogP contribution in [-0.4, -0.2) is 247 Å². The number of carbonyl (C=O) groups excluding carboxylic acids is 3. The number of imidazole rings is 3. The Hall–Kier alpha value is -10.9. The average Bonchev–Trinajstić information content (AvgIpc) is 1.19. The van der Waals surface area contributed by atoms with E-state index >= 15 is 17.7 Å². The van der Waals surface area contributed by atoms with Gasteiger partial charge in [0.05, 0.1) is 126 Å². The molecule has 6 aromatic heterocycles. The first kappa shape index (κ1) is 94.8. The highest BCUT2D eigenvalue weighted by molar-refractivity contribution is 7.48. The molecule has 6 aliphatic heterocycles. The number of hydrogen-bond acceptors (Lipinski definition) is 28. The van der Waals surface area contributed by atoms with Crippen LogP contribution in [0.2, 0.25) is 0 Å². The molecule has 0 radical (unpaired) electrons. The second-order valence-corrected chi connectivity index (χ2v) is 37.1. The van der Waals surface area contributed by atoms with Crippen molar-refractivity contribution in [2.24, 2.45) is 17.2 Å². The van der Waals surface area contributed by atoms with Crippen LogP contribution in [0.4, 0.5) is 45.4 Å². The van der Waals surface area contributed by atoms with Crippen molar-refractivity contribution in [3.05, 3.63) is 107 Å². The molecule has 3 unspecified atom stereocenters. The number of H-pyrrole nitrogens is 3. The lowest BCUT2D eigenvalue weighted by atomic mass is 9.71. The lowest BCUT2D eigenvalue weighted by molar-refractivity contribution is -0.145. The molecular weight excluding hydrogens is 1710 g/mol. The summed E-state index contributed by atoms with van der Waals surface area (Å²) in [6, 6.07) is 9.41. The number of amides is 6. The molecule has 6 amide bonds. The van der Waals surface area contributed by atoms with Crippen LogP contribution in [-0.2, 0) is 62.8 Å². The van der Waals surface area contributed by atoms with Gasteiger partial charge in [0.2, 0.25) is 17.8 Å². The number of nitrogens with two attached hydrogens (primary N) is 3. The summed E-state index contributed by atoms with van der Waals surface area (Å²) in [5.41, 5.74) is 9.45. The number of anilines is 3. The average molecular weight is 1830 g/mol. The van der Waals surface area contributed by atoms with E-state index in [9.17, 15) is 30.2 Å². The summed E-state index contributed by atoms with van der Waals surface area (Å²) in [6.07, 6.45) is 8.34. The SMILES string of the molecule is CCN(C(N)=O)c1nc2c([C@H]3CCCO3)c(F)c(-c3cnc(C(C)(C)C(CCC#N)(CN4CCOCC4)OP(=O)(OC(CCC#N)(CN4CCOCC4)C(C)(C)c4ncc(-c5cc6[nH]c(N(CC)C(N)=O)nc6c([C@H]6CCCO6)c5F)cn4)OC(CCC#N)(CN4CCOCC4)C(C)(C)c4ncc(-c5cc6[nH]c(N(CC)C(N)=O)nc6c([C@H]6CCCO6)c5F)cn4)nc3)cc2[nH]1. The van der Waals surface area contributed by atoms with Gasteiger partial charge in [-0.15, -0.1) is 0 Å². The van der Waals surface area contributed by atoms with E-state index in [0.717, 1.165) is 0 Å². The third-order valence-electron chi connectivity index (χ3n) is 27.0. The topological polar surface area (TPSA) is 484 Å². The number of nitriles is 3. The molecule has 37 nitrogen and oxygen atoms in total. The molecule has 15 rings (SSSR count). The number of morpholine rings is 3. The van der Waals surface area contributed by atoms with E-state index in [1.807, 2.05) is 14.7 Å². The maximum Gasteiger partial charge on any atom is 0.476 e. The molecule has 3 aromatic carbocycles. The van der Waals surface area contributed by atoms with E-state index in [4.69, 9.17) is 104 Å². The van der Waals surface area contributed by atoms with E-state index < -0.39 is 94.7 Å². The first-order chi connectivity index (χ1) is 62.9. The van der Waals surface area contributed by atoms with Gasteiger partial charge in [-0.1, -0.05) is 0 Å². The van der Waals surface area contributed by atoms with Gasteiger partial charge in [-0.2, -0.15) is 15.8 Å². The second kappa shape index (κ2) is 39.5. The molecule has 6 atom stereocenters. The number of nitrogens with zero attached hydrogens (tertiary/aromatic N) is 18. The first-order valence-corrected chi connectivity index (χ1v) is 46.3. The molecule has 131 heavy (non-hydrogen) atoms. The van der Waals surface area contributed by atoms with Crippen LogP contribution in [0.25, 0.3) is 66.5 Å². The van der Waals surface area contributed by atoms with Crippen molar-refractivity contribution in [1.82, 2.24) is 74.5 Å². The third kappa shape index (κ3) is 18.8.